The lowest BCUT2D eigenvalue weighted by Crippen LogP contribution is -2.37. The normalized spacial score (nSPS) is 9.70. The third kappa shape index (κ3) is 4.88. The standard InChI is InChI=1S/C12H15N3O4S/c1-13-9(16)6-15-10(17)7-19-12(18)8-4-3-5-14-11(8)20-2/h3-5H,6-7H2,1-2H3,(H,13,16)(H,15,17). The molecule has 0 atom stereocenters. The number of thioether (sulfide) groups is 1. The van der Waals surface area contributed by atoms with E-state index in [4.69, 9.17) is 4.74 Å². The van der Waals surface area contributed by atoms with Gasteiger partial charge in [0, 0.05) is 13.2 Å². The molecule has 0 fully saturated rings. The van der Waals surface area contributed by atoms with Gasteiger partial charge in [0.15, 0.2) is 6.61 Å². The first-order chi connectivity index (χ1) is 9.58. The Kier molecular flexibility index (Phi) is 6.51. The van der Waals surface area contributed by atoms with Crippen LogP contribution in [0.4, 0.5) is 0 Å². The zero-order valence-corrected chi connectivity index (χ0v) is 12.0. The zero-order chi connectivity index (χ0) is 15.0. The van der Waals surface area contributed by atoms with Crippen molar-refractivity contribution in [3.63, 3.8) is 0 Å². The van der Waals surface area contributed by atoms with Gasteiger partial charge in [-0.25, -0.2) is 9.78 Å². The number of ether oxygens (including phenoxy) is 1. The summed E-state index contributed by atoms with van der Waals surface area (Å²) in [4.78, 5) is 38.1. The van der Waals surface area contributed by atoms with Crippen molar-refractivity contribution in [3.8, 4) is 0 Å². The fourth-order valence-electron chi connectivity index (χ4n) is 1.24. The van der Waals surface area contributed by atoms with Crippen molar-refractivity contribution in [2.45, 2.75) is 5.03 Å². The molecule has 0 unspecified atom stereocenters. The van der Waals surface area contributed by atoms with Crippen LogP contribution >= 0.6 is 11.8 Å². The summed E-state index contributed by atoms with van der Waals surface area (Å²) in [6.45, 7) is -0.603. The summed E-state index contributed by atoms with van der Waals surface area (Å²) in [5.41, 5.74) is 0.305. The van der Waals surface area contributed by atoms with Crippen LogP contribution < -0.4 is 10.6 Å². The Labute approximate surface area is 120 Å². The van der Waals surface area contributed by atoms with Crippen LogP contribution in [-0.2, 0) is 14.3 Å². The third-order valence-corrected chi connectivity index (χ3v) is 2.96. The predicted molar refractivity (Wildman–Crippen MR) is 73.4 cm³/mol. The molecule has 0 aliphatic carbocycles. The Balaban J connectivity index is 2.47. The van der Waals surface area contributed by atoms with Crippen molar-refractivity contribution >= 4 is 29.5 Å². The number of carbonyl (C=O) groups is 3. The minimum atomic E-state index is -0.627. The van der Waals surface area contributed by atoms with Gasteiger partial charge in [0.2, 0.25) is 5.91 Å². The van der Waals surface area contributed by atoms with E-state index < -0.39 is 18.5 Å². The molecule has 0 saturated heterocycles. The van der Waals surface area contributed by atoms with Gasteiger partial charge < -0.3 is 15.4 Å². The second-order valence-corrected chi connectivity index (χ2v) is 4.38. The highest BCUT2D eigenvalue weighted by molar-refractivity contribution is 7.98. The van der Waals surface area contributed by atoms with E-state index in [0.717, 1.165) is 0 Å². The molecule has 0 aromatic carbocycles. The second-order valence-electron chi connectivity index (χ2n) is 3.59. The van der Waals surface area contributed by atoms with Crippen LogP contribution in [0.3, 0.4) is 0 Å². The summed E-state index contributed by atoms with van der Waals surface area (Å²) in [5, 5.41) is 5.20. The molecule has 2 amide bonds. The van der Waals surface area contributed by atoms with Crippen LogP contribution in [0.5, 0.6) is 0 Å². The fourth-order valence-corrected chi connectivity index (χ4v) is 1.77. The number of esters is 1. The van der Waals surface area contributed by atoms with Crippen LogP contribution in [0.2, 0.25) is 0 Å². The van der Waals surface area contributed by atoms with Gasteiger partial charge in [0.1, 0.15) is 5.03 Å². The Bertz CT molecular complexity index is 507. The molecule has 0 radical (unpaired) electrons. The first-order valence-corrected chi connectivity index (χ1v) is 6.94. The average molecular weight is 297 g/mol. The van der Waals surface area contributed by atoms with E-state index >= 15 is 0 Å². The number of hydrogen-bond acceptors (Lipinski definition) is 6. The number of likely N-dealkylation sites (N-methyl/N-ethyl adjacent to an activating group) is 1. The highest BCUT2D eigenvalue weighted by atomic mass is 32.2. The van der Waals surface area contributed by atoms with E-state index in [9.17, 15) is 14.4 Å². The van der Waals surface area contributed by atoms with Gasteiger partial charge in [-0.1, -0.05) is 0 Å². The van der Waals surface area contributed by atoms with Crippen LogP contribution in [0.15, 0.2) is 23.4 Å². The van der Waals surface area contributed by atoms with Crippen LogP contribution in [0.1, 0.15) is 10.4 Å². The molecular formula is C12H15N3O4S. The first kappa shape index (κ1) is 16.0. The number of amides is 2. The van der Waals surface area contributed by atoms with E-state index in [1.165, 1.54) is 18.8 Å². The maximum atomic E-state index is 11.8. The van der Waals surface area contributed by atoms with Crippen molar-refractivity contribution in [2.24, 2.45) is 0 Å². The Hall–Kier alpha value is -2.09. The van der Waals surface area contributed by atoms with Crippen molar-refractivity contribution in [1.29, 1.82) is 0 Å². The summed E-state index contributed by atoms with van der Waals surface area (Å²) in [5.74, 6) is -1.50. The minimum Gasteiger partial charge on any atom is -0.452 e. The molecule has 8 heteroatoms. The molecule has 1 aromatic heterocycles. The van der Waals surface area contributed by atoms with Crippen LogP contribution in [0, 0.1) is 0 Å². The molecule has 0 spiro atoms. The maximum Gasteiger partial charge on any atom is 0.341 e. The molecule has 0 saturated carbocycles. The van der Waals surface area contributed by atoms with E-state index in [0.29, 0.717) is 10.6 Å². The van der Waals surface area contributed by atoms with Crippen LogP contribution in [-0.4, -0.2) is 49.2 Å². The molecule has 0 bridgehead atoms. The minimum absolute atomic E-state index is 0.157. The number of pyridine rings is 1. The second kappa shape index (κ2) is 8.16. The number of nitrogens with one attached hydrogen (secondary N) is 2. The quantitative estimate of drug-likeness (QED) is 0.558. The van der Waals surface area contributed by atoms with Crippen molar-refractivity contribution in [3.05, 3.63) is 23.9 Å². The highest BCUT2D eigenvalue weighted by Gasteiger charge is 2.14. The van der Waals surface area contributed by atoms with Crippen molar-refractivity contribution in [2.75, 3.05) is 26.5 Å². The molecule has 1 heterocycles. The van der Waals surface area contributed by atoms with Gasteiger partial charge in [-0.15, -0.1) is 11.8 Å². The lowest BCUT2D eigenvalue weighted by molar-refractivity contribution is -0.127. The zero-order valence-electron chi connectivity index (χ0n) is 11.1. The molecule has 0 aliphatic heterocycles. The van der Waals surface area contributed by atoms with Gasteiger partial charge in [-0.2, -0.15) is 0 Å². The average Bonchev–Trinajstić information content (AvgIpc) is 2.49. The molecule has 7 nitrogen and oxygen atoms in total. The van der Waals surface area contributed by atoms with E-state index in [1.54, 1.807) is 24.6 Å². The smallest absolute Gasteiger partial charge is 0.341 e. The number of rotatable bonds is 6. The highest BCUT2D eigenvalue weighted by Crippen LogP contribution is 2.17. The molecular weight excluding hydrogens is 282 g/mol. The summed E-state index contributed by atoms with van der Waals surface area (Å²) in [6, 6.07) is 3.19. The van der Waals surface area contributed by atoms with E-state index in [1.807, 2.05) is 0 Å². The van der Waals surface area contributed by atoms with Crippen molar-refractivity contribution < 1.29 is 19.1 Å². The van der Waals surface area contributed by atoms with E-state index in [-0.39, 0.29) is 12.5 Å². The monoisotopic (exact) mass is 297 g/mol. The number of nitrogens with zero attached hydrogens (tertiary/aromatic N) is 1. The molecule has 2 N–H and O–H groups in total. The summed E-state index contributed by atoms with van der Waals surface area (Å²) < 4.78 is 4.86. The lowest BCUT2D eigenvalue weighted by Gasteiger charge is -2.07. The van der Waals surface area contributed by atoms with Gasteiger partial charge in [-0.3, -0.25) is 9.59 Å². The Morgan fingerprint density at radius 3 is 2.75 bits per heavy atom. The number of aromatic nitrogens is 1. The molecule has 108 valence electrons. The van der Waals surface area contributed by atoms with Gasteiger partial charge in [0.05, 0.1) is 12.1 Å². The molecule has 1 aromatic rings. The Morgan fingerprint density at radius 1 is 1.35 bits per heavy atom. The largest absolute Gasteiger partial charge is 0.452 e. The predicted octanol–water partition coefficient (Wildman–Crippen LogP) is -0.178. The fraction of sp³-hybridized carbons (Fsp3) is 0.333. The Morgan fingerprint density at radius 2 is 2.10 bits per heavy atom. The number of hydrogen-bond donors (Lipinski definition) is 2. The van der Waals surface area contributed by atoms with Crippen molar-refractivity contribution in [1.82, 2.24) is 15.6 Å². The third-order valence-electron chi connectivity index (χ3n) is 2.24. The topological polar surface area (TPSA) is 97.4 Å². The number of carbonyl (C=O) groups excluding carboxylic acids is 3. The summed E-state index contributed by atoms with van der Waals surface area (Å²) in [6.07, 6.45) is 3.36. The SMILES string of the molecule is CNC(=O)CNC(=O)COC(=O)c1cccnc1SC. The van der Waals surface area contributed by atoms with Gasteiger partial charge in [-0.05, 0) is 18.4 Å². The summed E-state index contributed by atoms with van der Waals surface area (Å²) >= 11 is 1.31. The summed E-state index contributed by atoms with van der Waals surface area (Å²) in [7, 11) is 1.46. The molecule has 0 aliphatic rings. The molecule has 20 heavy (non-hydrogen) atoms. The van der Waals surface area contributed by atoms with Crippen LogP contribution in [0.25, 0.3) is 0 Å². The van der Waals surface area contributed by atoms with Gasteiger partial charge in [0.25, 0.3) is 5.91 Å². The molecule has 1 rings (SSSR count). The van der Waals surface area contributed by atoms with Gasteiger partial charge >= 0.3 is 5.97 Å². The maximum absolute atomic E-state index is 11.8. The first-order valence-electron chi connectivity index (χ1n) is 5.72. The lowest BCUT2D eigenvalue weighted by atomic mass is 10.3. The van der Waals surface area contributed by atoms with E-state index in [2.05, 4.69) is 15.6 Å².